The van der Waals surface area contributed by atoms with Crippen LogP contribution in [0.1, 0.15) is 28.9 Å². The molecular formula is C16H12F2O3. The van der Waals surface area contributed by atoms with Gasteiger partial charge in [-0.25, -0.2) is 8.78 Å². The van der Waals surface area contributed by atoms with Crippen molar-refractivity contribution in [3.63, 3.8) is 0 Å². The Morgan fingerprint density at radius 3 is 1.86 bits per heavy atom. The number of ketones is 1. The molecule has 0 bridgehead atoms. The van der Waals surface area contributed by atoms with Crippen LogP contribution in [0.5, 0.6) is 0 Å². The molecule has 0 heterocycles. The molecule has 0 saturated carbocycles. The van der Waals surface area contributed by atoms with E-state index in [0.29, 0.717) is 5.56 Å². The van der Waals surface area contributed by atoms with Crippen LogP contribution in [0.3, 0.4) is 0 Å². The lowest BCUT2D eigenvalue weighted by Gasteiger charge is -2.16. The average molecular weight is 290 g/mol. The summed E-state index contributed by atoms with van der Waals surface area (Å²) in [5.74, 6) is -2.08. The van der Waals surface area contributed by atoms with Gasteiger partial charge in [-0.3, -0.25) is 9.59 Å². The van der Waals surface area contributed by atoms with Crippen molar-refractivity contribution in [2.24, 2.45) is 0 Å². The Morgan fingerprint density at radius 2 is 1.38 bits per heavy atom. The molecule has 5 heteroatoms. The van der Waals surface area contributed by atoms with Gasteiger partial charge in [-0.15, -0.1) is 0 Å². The Bertz CT molecular complexity index is 648. The van der Waals surface area contributed by atoms with Crippen molar-refractivity contribution < 1.29 is 23.1 Å². The lowest BCUT2D eigenvalue weighted by molar-refractivity contribution is -0.144. The molecule has 0 saturated heterocycles. The van der Waals surface area contributed by atoms with E-state index < -0.39 is 29.5 Å². The van der Waals surface area contributed by atoms with Crippen LogP contribution in [0.4, 0.5) is 8.78 Å². The zero-order valence-electron chi connectivity index (χ0n) is 11.2. The van der Waals surface area contributed by atoms with Crippen LogP contribution in [0.15, 0.2) is 48.5 Å². The van der Waals surface area contributed by atoms with Gasteiger partial charge in [-0.2, -0.15) is 0 Å². The lowest BCUT2D eigenvalue weighted by atomic mass is 9.99. The molecule has 0 aromatic heterocycles. The van der Waals surface area contributed by atoms with Crippen LogP contribution in [-0.2, 0) is 9.53 Å². The van der Waals surface area contributed by atoms with Crippen LogP contribution < -0.4 is 0 Å². The molecule has 108 valence electrons. The highest BCUT2D eigenvalue weighted by atomic mass is 19.1. The molecule has 3 nitrogen and oxygen atoms in total. The first kappa shape index (κ1) is 14.8. The van der Waals surface area contributed by atoms with Gasteiger partial charge in [0.25, 0.3) is 0 Å². The first-order valence-electron chi connectivity index (χ1n) is 6.20. The Labute approximate surface area is 120 Å². The number of esters is 1. The molecule has 21 heavy (non-hydrogen) atoms. The molecule has 0 aliphatic heterocycles. The number of carbonyl (C=O) groups is 2. The number of ether oxygens (including phenoxy) is 1. The van der Waals surface area contributed by atoms with Crippen LogP contribution in [0.25, 0.3) is 0 Å². The maximum Gasteiger partial charge on any atom is 0.303 e. The molecular weight excluding hydrogens is 278 g/mol. The zero-order chi connectivity index (χ0) is 15.4. The summed E-state index contributed by atoms with van der Waals surface area (Å²) in [4.78, 5) is 23.6. The van der Waals surface area contributed by atoms with Gasteiger partial charge >= 0.3 is 5.97 Å². The first-order valence-corrected chi connectivity index (χ1v) is 6.20. The van der Waals surface area contributed by atoms with E-state index >= 15 is 0 Å². The molecule has 1 atom stereocenters. The third kappa shape index (κ3) is 3.72. The van der Waals surface area contributed by atoms with Gasteiger partial charge in [0.1, 0.15) is 11.6 Å². The number of Topliss-reactive ketones (excluding diaryl/α,β-unsaturated/α-hetero) is 1. The van der Waals surface area contributed by atoms with Gasteiger partial charge in [-0.1, -0.05) is 12.1 Å². The normalized spacial score (nSPS) is 11.8. The van der Waals surface area contributed by atoms with Gasteiger partial charge in [-0.05, 0) is 36.4 Å². The zero-order valence-corrected chi connectivity index (χ0v) is 11.2. The quantitative estimate of drug-likeness (QED) is 0.640. The third-order valence-electron chi connectivity index (χ3n) is 2.82. The standard InChI is InChI=1S/C16H12F2O3/c1-10(19)21-16(12-4-8-14(18)9-5-12)15(20)11-2-6-13(17)7-3-11/h2-9,16H,1H3. The molecule has 0 radical (unpaired) electrons. The monoisotopic (exact) mass is 290 g/mol. The summed E-state index contributed by atoms with van der Waals surface area (Å²) in [5, 5.41) is 0. The van der Waals surface area contributed by atoms with Gasteiger partial charge in [0.2, 0.25) is 5.78 Å². The van der Waals surface area contributed by atoms with Crippen LogP contribution in [-0.4, -0.2) is 11.8 Å². The predicted molar refractivity (Wildman–Crippen MR) is 71.6 cm³/mol. The summed E-state index contributed by atoms with van der Waals surface area (Å²) in [5.41, 5.74) is 0.549. The van der Waals surface area contributed by atoms with Gasteiger partial charge < -0.3 is 4.74 Å². The van der Waals surface area contributed by atoms with Crippen LogP contribution in [0.2, 0.25) is 0 Å². The van der Waals surface area contributed by atoms with E-state index in [2.05, 4.69) is 0 Å². The summed E-state index contributed by atoms with van der Waals surface area (Å²) in [7, 11) is 0. The largest absolute Gasteiger partial charge is 0.449 e. The molecule has 0 aliphatic carbocycles. The minimum Gasteiger partial charge on any atom is -0.449 e. The van der Waals surface area contributed by atoms with Crippen molar-refractivity contribution >= 4 is 11.8 Å². The second-order valence-electron chi connectivity index (χ2n) is 4.41. The maximum absolute atomic E-state index is 12.9. The Morgan fingerprint density at radius 1 is 0.905 bits per heavy atom. The average Bonchev–Trinajstić information content (AvgIpc) is 2.46. The molecule has 0 N–H and O–H groups in total. The van der Waals surface area contributed by atoms with Crippen molar-refractivity contribution in [2.75, 3.05) is 0 Å². The van der Waals surface area contributed by atoms with Crippen molar-refractivity contribution in [1.29, 1.82) is 0 Å². The Hall–Kier alpha value is -2.56. The first-order chi connectivity index (χ1) is 9.97. The molecule has 2 aromatic rings. The Balaban J connectivity index is 2.35. The second-order valence-corrected chi connectivity index (χ2v) is 4.41. The van der Waals surface area contributed by atoms with E-state index in [1.165, 1.54) is 43.3 Å². The predicted octanol–water partition coefficient (Wildman–Crippen LogP) is 3.45. The van der Waals surface area contributed by atoms with E-state index in [4.69, 9.17) is 4.74 Å². The molecule has 0 amide bonds. The van der Waals surface area contributed by atoms with Crippen molar-refractivity contribution in [2.45, 2.75) is 13.0 Å². The number of rotatable bonds is 4. The number of halogens is 2. The third-order valence-corrected chi connectivity index (χ3v) is 2.82. The lowest BCUT2D eigenvalue weighted by Crippen LogP contribution is -2.19. The minimum atomic E-state index is -1.19. The highest BCUT2D eigenvalue weighted by Gasteiger charge is 2.25. The number of hydrogen-bond donors (Lipinski definition) is 0. The van der Waals surface area contributed by atoms with E-state index in [1.807, 2.05) is 0 Å². The maximum atomic E-state index is 12.9. The van der Waals surface area contributed by atoms with Gasteiger partial charge in [0.15, 0.2) is 6.10 Å². The van der Waals surface area contributed by atoms with Crippen molar-refractivity contribution in [3.05, 3.63) is 71.3 Å². The fraction of sp³-hybridized carbons (Fsp3) is 0.125. The molecule has 0 spiro atoms. The van der Waals surface area contributed by atoms with E-state index in [0.717, 1.165) is 12.1 Å². The highest BCUT2D eigenvalue weighted by Crippen LogP contribution is 2.23. The summed E-state index contributed by atoms with van der Waals surface area (Å²) in [6.45, 7) is 1.18. The highest BCUT2D eigenvalue weighted by molar-refractivity contribution is 6.00. The van der Waals surface area contributed by atoms with Crippen molar-refractivity contribution in [3.8, 4) is 0 Å². The molecule has 2 aromatic carbocycles. The number of benzene rings is 2. The van der Waals surface area contributed by atoms with E-state index in [1.54, 1.807) is 0 Å². The minimum absolute atomic E-state index is 0.201. The summed E-state index contributed by atoms with van der Waals surface area (Å²) in [6.07, 6.45) is -1.19. The number of hydrogen-bond acceptors (Lipinski definition) is 3. The Kier molecular flexibility index (Phi) is 4.42. The molecule has 0 fully saturated rings. The van der Waals surface area contributed by atoms with Gasteiger partial charge in [0.05, 0.1) is 0 Å². The second kappa shape index (κ2) is 6.26. The summed E-state index contributed by atoms with van der Waals surface area (Å²) < 4.78 is 30.9. The van der Waals surface area contributed by atoms with Crippen molar-refractivity contribution in [1.82, 2.24) is 0 Å². The van der Waals surface area contributed by atoms with E-state index in [9.17, 15) is 18.4 Å². The van der Waals surface area contributed by atoms with E-state index in [-0.39, 0.29) is 5.56 Å². The molecule has 2 rings (SSSR count). The summed E-state index contributed by atoms with van der Waals surface area (Å²) in [6, 6.07) is 9.96. The molecule has 1 unspecified atom stereocenters. The fourth-order valence-electron chi connectivity index (χ4n) is 1.84. The smallest absolute Gasteiger partial charge is 0.303 e. The van der Waals surface area contributed by atoms with Crippen LogP contribution in [0, 0.1) is 11.6 Å². The van der Waals surface area contributed by atoms with Gasteiger partial charge in [0, 0.05) is 18.1 Å². The fourth-order valence-corrected chi connectivity index (χ4v) is 1.84. The topological polar surface area (TPSA) is 43.4 Å². The molecule has 0 aliphatic rings. The summed E-state index contributed by atoms with van der Waals surface area (Å²) >= 11 is 0. The number of carbonyl (C=O) groups excluding carboxylic acids is 2. The SMILES string of the molecule is CC(=O)OC(C(=O)c1ccc(F)cc1)c1ccc(F)cc1. The van der Waals surface area contributed by atoms with Crippen LogP contribution >= 0.6 is 0 Å².